The number of pyridine rings is 1. The lowest BCUT2D eigenvalue weighted by Gasteiger charge is -2.13. The Kier molecular flexibility index (Phi) is 2.42. The Morgan fingerprint density at radius 1 is 1.21 bits per heavy atom. The fourth-order valence-corrected chi connectivity index (χ4v) is 1.81. The molecular weight excluding hydrogens is 240 g/mol. The molecule has 2 rings (SSSR count). The van der Waals surface area contributed by atoms with Crippen molar-refractivity contribution >= 4 is 32.5 Å². The molecule has 0 fully saturated rings. The van der Waals surface area contributed by atoms with Crippen LogP contribution in [0.5, 0.6) is 0 Å². The average Bonchev–Trinajstić information content (AvgIpc) is 2.18. The van der Waals surface area contributed by atoms with Crippen molar-refractivity contribution in [2.24, 2.45) is 0 Å². The number of aromatic nitrogens is 1. The van der Waals surface area contributed by atoms with E-state index in [0.717, 1.165) is 15.4 Å². The maximum absolute atomic E-state index is 4.29. The Hall–Kier alpha value is -1.09. The lowest BCUT2D eigenvalue weighted by Crippen LogP contribution is -2.08. The van der Waals surface area contributed by atoms with Gasteiger partial charge in [0.25, 0.3) is 0 Å². The van der Waals surface area contributed by atoms with E-state index in [1.165, 1.54) is 5.69 Å². The van der Waals surface area contributed by atoms with Crippen molar-refractivity contribution in [3.63, 3.8) is 0 Å². The van der Waals surface area contributed by atoms with Crippen LogP contribution in [0.1, 0.15) is 0 Å². The van der Waals surface area contributed by atoms with Gasteiger partial charge in [0, 0.05) is 35.8 Å². The minimum absolute atomic E-state index is 1.02. The van der Waals surface area contributed by atoms with E-state index in [1.807, 2.05) is 32.4 Å². The third kappa shape index (κ3) is 1.60. The predicted molar refractivity (Wildman–Crippen MR) is 63.8 cm³/mol. The largest absolute Gasteiger partial charge is 0.378 e. The third-order valence-electron chi connectivity index (χ3n) is 2.19. The molecule has 0 aliphatic heterocycles. The average molecular weight is 251 g/mol. The molecular formula is C11H11BrN2. The topological polar surface area (TPSA) is 16.1 Å². The summed E-state index contributed by atoms with van der Waals surface area (Å²) in [6.45, 7) is 0. The molecule has 2 nitrogen and oxygen atoms in total. The molecule has 1 aromatic carbocycles. The monoisotopic (exact) mass is 250 g/mol. The Balaban J connectivity index is 2.70. The fraction of sp³-hybridized carbons (Fsp3) is 0.182. The molecule has 0 saturated carbocycles. The molecule has 2 aromatic rings. The Morgan fingerprint density at radius 2 is 2.00 bits per heavy atom. The lowest BCUT2D eigenvalue weighted by atomic mass is 10.2. The van der Waals surface area contributed by atoms with Gasteiger partial charge >= 0.3 is 0 Å². The van der Waals surface area contributed by atoms with Crippen LogP contribution in [0.25, 0.3) is 10.9 Å². The van der Waals surface area contributed by atoms with E-state index in [4.69, 9.17) is 0 Å². The normalized spacial score (nSPS) is 10.5. The molecule has 0 amide bonds. The van der Waals surface area contributed by atoms with Crippen molar-refractivity contribution in [2.45, 2.75) is 0 Å². The van der Waals surface area contributed by atoms with Crippen molar-refractivity contribution in [1.29, 1.82) is 0 Å². The molecule has 0 N–H and O–H groups in total. The molecule has 0 aliphatic carbocycles. The van der Waals surface area contributed by atoms with Crippen LogP contribution >= 0.6 is 15.9 Å². The second kappa shape index (κ2) is 3.58. The number of nitrogens with zero attached hydrogens (tertiary/aromatic N) is 2. The molecule has 1 heterocycles. The minimum atomic E-state index is 1.02. The van der Waals surface area contributed by atoms with E-state index in [1.54, 1.807) is 0 Å². The van der Waals surface area contributed by atoms with Crippen LogP contribution in [-0.2, 0) is 0 Å². The van der Waals surface area contributed by atoms with Crippen molar-refractivity contribution in [3.05, 3.63) is 34.9 Å². The first kappa shape index (κ1) is 9.46. The summed E-state index contributed by atoms with van der Waals surface area (Å²) in [5, 5.41) is 1.15. The number of anilines is 1. The molecule has 72 valence electrons. The van der Waals surface area contributed by atoms with E-state index in [-0.39, 0.29) is 0 Å². The van der Waals surface area contributed by atoms with E-state index < -0.39 is 0 Å². The quantitative estimate of drug-likeness (QED) is 0.774. The maximum Gasteiger partial charge on any atom is 0.0714 e. The van der Waals surface area contributed by atoms with Crippen LogP contribution < -0.4 is 4.90 Å². The van der Waals surface area contributed by atoms with Gasteiger partial charge in [-0.1, -0.05) is 15.9 Å². The summed E-state index contributed by atoms with van der Waals surface area (Å²) in [6, 6.07) is 8.20. The van der Waals surface area contributed by atoms with Crippen LogP contribution in [-0.4, -0.2) is 19.1 Å². The first-order valence-electron chi connectivity index (χ1n) is 4.40. The highest BCUT2D eigenvalue weighted by molar-refractivity contribution is 9.10. The second-order valence-electron chi connectivity index (χ2n) is 3.39. The molecule has 0 radical (unpaired) electrons. The van der Waals surface area contributed by atoms with E-state index >= 15 is 0 Å². The fourth-order valence-electron chi connectivity index (χ4n) is 1.38. The van der Waals surface area contributed by atoms with Crippen LogP contribution in [0, 0.1) is 0 Å². The number of benzene rings is 1. The highest BCUT2D eigenvalue weighted by Gasteiger charge is 2.01. The van der Waals surface area contributed by atoms with Gasteiger partial charge in [0.05, 0.1) is 5.52 Å². The number of halogens is 1. The van der Waals surface area contributed by atoms with Crippen molar-refractivity contribution in [2.75, 3.05) is 19.0 Å². The number of rotatable bonds is 1. The molecule has 0 bridgehead atoms. The Bertz CT molecular complexity index is 466. The maximum atomic E-state index is 4.29. The highest BCUT2D eigenvalue weighted by Crippen LogP contribution is 2.25. The zero-order chi connectivity index (χ0) is 10.1. The molecule has 1 aromatic heterocycles. The highest BCUT2D eigenvalue weighted by atomic mass is 79.9. The zero-order valence-electron chi connectivity index (χ0n) is 8.16. The first-order valence-corrected chi connectivity index (χ1v) is 5.19. The minimum Gasteiger partial charge on any atom is -0.378 e. The van der Waals surface area contributed by atoms with E-state index in [2.05, 4.69) is 37.9 Å². The summed E-state index contributed by atoms with van der Waals surface area (Å²) in [5.41, 5.74) is 2.20. The Morgan fingerprint density at radius 3 is 2.71 bits per heavy atom. The van der Waals surface area contributed by atoms with Crippen molar-refractivity contribution in [3.8, 4) is 0 Å². The van der Waals surface area contributed by atoms with Gasteiger partial charge in [0.1, 0.15) is 0 Å². The van der Waals surface area contributed by atoms with Crippen LogP contribution in [0.2, 0.25) is 0 Å². The number of hydrogen-bond donors (Lipinski definition) is 0. The summed E-state index contributed by atoms with van der Waals surface area (Å²) >= 11 is 3.52. The van der Waals surface area contributed by atoms with Gasteiger partial charge in [-0.25, -0.2) is 0 Å². The summed E-state index contributed by atoms with van der Waals surface area (Å²) in [7, 11) is 4.07. The van der Waals surface area contributed by atoms with Gasteiger partial charge in [0.2, 0.25) is 0 Å². The third-order valence-corrected chi connectivity index (χ3v) is 2.88. The van der Waals surface area contributed by atoms with Crippen LogP contribution in [0.15, 0.2) is 34.9 Å². The van der Waals surface area contributed by atoms with Crippen LogP contribution in [0.3, 0.4) is 0 Å². The first-order chi connectivity index (χ1) is 6.68. The van der Waals surface area contributed by atoms with Crippen molar-refractivity contribution < 1.29 is 0 Å². The Labute approximate surface area is 91.7 Å². The summed E-state index contributed by atoms with van der Waals surface area (Å²) in [4.78, 5) is 6.38. The van der Waals surface area contributed by atoms with E-state index in [0.29, 0.717) is 0 Å². The van der Waals surface area contributed by atoms with Gasteiger partial charge in [-0.05, 0) is 24.3 Å². The lowest BCUT2D eigenvalue weighted by molar-refractivity contribution is 1.13. The molecule has 14 heavy (non-hydrogen) atoms. The van der Waals surface area contributed by atoms with Gasteiger partial charge in [-0.3, -0.25) is 4.98 Å². The molecule has 0 unspecified atom stereocenters. The summed E-state index contributed by atoms with van der Waals surface area (Å²) < 4.78 is 1.09. The predicted octanol–water partition coefficient (Wildman–Crippen LogP) is 3.06. The molecule has 3 heteroatoms. The van der Waals surface area contributed by atoms with Crippen molar-refractivity contribution in [1.82, 2.24) is 4.98 Å². The summed E-state index contributed by atoms with van der Waals surface area (Å²) in [5.74, 6) is 0. The molecule has 0 saturated heterocycles. The second-order valence-corrected chi connectivity index (χ2v) is 4.24. The molecule has 0 spiro atoms. The summed E-state index contributed by atoms with van der Waals surface area (Å²) in [6.07, 6.45) is 1.81. The van der Waals surface area contributed by atoms with E-state index in [9.17, 15) is 0 Å². The van der Waals surface area contributed by atoms with Gasteiger partial charge in [-0.15, -0.1) is 0 Å². The smallest absolute Gasteiger partial charge is 0.0714 e. The standard InChI is InChI=1S/C11H11BrN2/c1-14(2)8-3-4-11-9(7-8)10(12)5-6-13-11/h3-7H,1-2H3. The zero-order valence-corrected chi connectivity index (χ0v) is 9.75. The number of hydrogen-bond acceptors (Lipinski definition) is 2. The molecule has 0 aliphatic rings. The number of fused-ring (bicyclic) bond motifs is 1. The van der Waals surface area contributed by atoms with Crippen LogP contribution in [0.4, 0.5) is 5.69 Å². The van der Waals surface area contributed by atoms with Gasteiger partial charge in [0.15, 0.2) is 0 Å². The van der Waals surface area contributed by atoms with Gasteiger partial charge in [-0.2, -0.15) is 0 Å². The molecule has 0 atom stereocenters. The van der Waals surface area contributed by atoms with Gasteiger partial charge < -0.3 is 4.90 Å². The SMILES string of the molecule is CN(C)c1ccc2nccc(Br)c2c1.